The van der Waals surface area contributed by atoms with E-state index in [-0.39, 0.29) is 33.9 Å². The molecule has 0 heterocycles. The van der Waals surface area contributed by atoms with E-state index in [9.17, 15) is 19.2 Å². The summed E-state index contributed by atoms with van der Waals surface area (Å²) in [5.74, 6) is -1.91. The molecule has 6 nitrogen and oxygen atoms in total. The van der Waals surface area contributed by atoms with Crippen molar-refractivity contribution in [3.8, 4) is 0 Å². The van der Waals surface area contributed by atoms with E-state index < -0.39 is 18.5 Å². The average molecular weight is 464 g/mol. The lowest BCUT2D eigenvalue weighted by molar-refractivity contribution is -0.119. The normalized spacial score (nSPS) is 12.0. The fourth-order valence-corrected chi connectivity index (χ4v) is 3.72. The maximum Gasteiger partial charge on any atom is 0.339 e. The fourth-order valence-electron chi connectivity index (χ4n) is 3.27. The molecule has 0 radical (unpaired) electrons. The summed E-state index contributed by atoms with van der Waals surface area (Å²) in [4.78, 5) is 50.2. The molecular formula is C23H14BrNO5. The lowest BCUT2D eigenvalue weighted by Crippen LogP contribution is -2.26. The van der Waals surface area contributed by atoms with Gasteiger partial charge in [0.1, 0.15) is 0 Å². The molecule has 0 spiro atoms. The van der Waals surface area contributed by atoms with Gasteiger partial charge in [-0.1, -0.05) is 48.5 Å². The Morgan fingerprint density at radius 1 is 0.800 bits per heavy atom. The molecule has 1 amide bonds. The summed E-state index contributed by atoms with van der Waals surface area (Å²) in [6, 6.07) is 17.9. The van der Waals surface area contributed by atoms with Crippen LogP contribution in [0.4, 0.5) is 5.69 Å². The zero-order valence-corrected chi connectivity index (χ0v) is 17.1. The van der Waals surface area contributed by atoms with E-state index in [0.717, 1.165) is 0 Å². The molecule has 4 rings (SSSR count). The van der Waals surface area contributed by atoms with Gasteiger partial charge < -0.3 is 10.1 Å². The van der Waals surface area contributed by atoms with Crippen LogP contribution in [-0.4, -0.2) is 30.0 Å². The quantitative estimate of drug-likeness (QED) is 0.461. The number of amides is 1. The van der Waals surface area contributed by atoms with Gasteiger partial charge in [0.2, 0.25) is 0 Å². The number of carbonyl (C=O) groups excluding carboxylic acids is 4. The minimum Gasteiger partial charge on any atom is -0.452 e. The van der Waals surface area contributed by atoms with Crippen molar-refractivity contribution in [1.82, 2.24) is 0 Å². The molecular weight excluding hydrogens is 450 g/mol. The van der Waals surface area contributed by atoms with Crippen LogP contribution in [0.15, 0.2) is 71.2 Å². The molecule has 1 aliphatic rings. The number of ketones is 2. The van der Waals surface area contributed by atoms with Gasteiger partial charge in [-0.2, -0.15) is 0 Å². The SMILES string of the molecule is O=C(COC(=O)c1ccccc1Br)Nc1cccc2c1C(=O)c1ccccc1C2=O. The molecule has 0 saturated carbocycles. The van der Waals surface area contributed by atoms with Gasteiger partial charge in [0.15, 0.2) is 18.2 Å². The van der Waals surface area contributed by atoms with Gasteiger partial charge in [0.25, 0.3) is 5.91 Å². The summed E-state index contributed by atoms with van der Waals surface area (Å²) in [7, 11) is 0. The van der Waals surface area contributed by atoms with Crippen molar-refractivity contribution in [2.45, 2.75) is 0 Å². The topological polar surface area (TPSA) is 89.5 Å². The number of anilines is 1. The van der Waals surface area contributed by atoms with Crippen molar-refractivity contribution in [3.05, 3.63) is 99.0 Å². The molecule has 0 atom stereocenters. The summed E-state index contributed by atoms with van der Waals surface area (Å²) in [6.45, 7) is -0.539. The van der Waals surface area contributed by atoms with Crippen LogP contribution in [0.2, 0.25) is 0 Å². The summed E-state index contributed by atoms with van der Waals surface area (Å²) in [5.41, 5.74) is 1.47. The lowest BCUT2D eigenvalue weighted by Gasteiger charge is -2.20. The first-order valence-electron chi connectivity index (χ1n) is 9.00. The van der Waals surface area contributed by atoms with E-state index in [4.69, 9.17) is 4.74 Å². The number of benzene rings is 3. The molecule has 0 aliphatic heterocycles. The summed E-state index contributed by atoms with van der Waals surface area (Å²) in [6.07, 6.45) is 0. The number of ether oxygens (including phenoxy) is 1. The molecule has 1 aliphatic carbocycles. The Morgan fingerprint density at radius 3 is 2.17 bits per heavy atom. The van der Waals surface area contributed by atoms with Crippen LogP contribution >= 0.6 is 15.9 Å². The number of nitrogens with one attached hydrogen (secondary N) is 1. The molecule has 148 valence electrons. The Balaban J connectivity index is 1.53. The largest absolute Gasteiger partial charge is 0.452 e. The third-order valence-electron chi connectivity index (χ3n) is 4.65. The van der Waals surface area contributed by atoms with Crippen molar-refractivity contribution < 1.29 is 23.9 Å². The van der Waals surface area contributed by atoms with E-state index in [0.29, 0.717) is 15.6 Å². The Labute approximate surface area is 180 Å². The number of hydrogen-bond donors (Lipinski definition) is 1. The Morgan fingerprint density at radius 2 is 1.43 bits per heavy atom. The average Bonchev–Trinajstić information content (AvgIpc) is 2.76. The Hall–Kier alpha value is -3.58. The van der Waals surface area contributed by atoms with Gasteiger partial charge in [0, 0.05) is 21.2 Å². The number of carbonyl (C=O) groups is 4. The van der Waals surface area contributed by atoms with E-state index in [1.165, 1.54) is 6.07 Å². The van der Waals surface area contributed by atoms with Gasteiger partial charge in [-0.3, -0.25) is 14.4 Å². The third kappa shape index (κ3) is 3.55. The highest BCUT2D eigenvalue weighted by molar-refractivity contribution is 9.10. The van der Waals surface area contributed by atoms with Gasteiger partial charge in [-0.25, -0.2) is 4.79 Å². The van der Waals surface area contributed by atoms with Gasteiger partial charge in [0.05, 0.1) is 16.8 Å². The monoisotopic (exact) mass is 463 g/mol. The molecule has 0 fully saturated rings. The van der Waals surface area contributed by atoms with Crippen molar-refractivity contribution >= 4 is 45.1 Å². The van der Waals surface area contributed by atoms with Crippen LogP contribution in [0.5, 0.6) is 0 Å². The molecule has 1 N–H and O–H groups in total. The highest BCUT2D eigenvalue weighted by Crippen LogP contribution is 2.31. The number of rotatable bonds is 4. The van der Waals surface area contributed by atoms with E-state index >= 15 is 0 Å². The van der Waals surface area contributed by atoms with E-state index in [1.807, 2.05) is 0 Å². The highest BCUT2D eigenvalue weighted by atomic mass is 79.9. The molecule has 0 bridgehead atoms. The number of hydrogen-bond acceptors (Lipinski definition) is 5. The minimum absolute atomic E-state index is 0.131. The fraction of sp³-hybridized carbons (Fsp3) is 0.0435. The predicted octanol–water partition coefficient (Wildman–Crippen LogP) is 4.02. The van der Waals surface area contributed by atoms with Crippen LogP contribution in [0, 0.1) is 0 Å². The Kier molecular flexibility index (Phi) is 5.29. The molecule has 0 aromatic heterocycles. The first-order chi connectivity index (χ1) is 14.5. The summed E-state index contributed by atoms with van der Waals surface area (Å²) in [5, 5.41) is 2.57. The van der Waals surface area contributed by atoms with Crippen molar-refractivity contribution in [2.24, 2.45) is 0 Å². The van der Waals surface area contributed by atoms with E-state index in [2.05, 4.69) is 21.2 Å². The van der Waals surface area contributed by atoms with Gasteiger partial charge in [-0.15, -0.1) is 0 Å². The second kappa shape index (κ2) is 8.04. The molecule has 0 unspecified atom stereocenters. The highest BCUT2D eigenvalue weighted by Gasteiger charge is 2.31. The first kappa shape index (κ1) is 19.7. The maximum absolute atomic E-state index is 13.0. The second-order valence-corrected chi connectivity index (χ2v) is 7.39. The molecule has 7 heteroatoms. The van der Waals surface area contributed by atoms with Crippen molar-refractivity contribution in [3.63, 3.8) is 0 Å². The van der Waals surface area contributed by atoms with Crippen LogP contribution in [0.25, 0.3) is 0 Å². The third-order valence-corrected chi connectivity index (χ3v) is 5.35. The van der Waals surface area contributed by atoms with Crippen LogP contribution < -0.4 is 5.32 Å². The zero-order chi connectivity index (χ0) is 21.3. The van der Waals surface area contributed by atoms with E-state index in [1.54, 1.807) is 60.7 Å². The summed E-state index contributed by atoms with van der Waals surface area (Å²) < 4.78 is 5.61. The molecule has 30 heavy (non-hydrogen) atoms. The van der Waals surface area contributed by atoms with Gasteiger partial charge in [-0.05, 0) is 34.1 Å². The van der Waals surface area contributed by atoms with Crippen molar-refractivity contribution in [2.75, 3.05) is 11.9 Å². The number of halogens is 1. The molecule has 3 aromatic rings. The Bertz CT molecular complexity index is 1220. The summed E-state index contributed by atoms with van der Waals surface area (Å²) >= 11 is 3.25. The van der Waals surface area contributed by atoms with Crippen LogP contribution in [0.1, 0.15) is 42.2 Å². The van der Waals surface area contributed by atoms with Gasteiger partial charge >= 0.3 is 5.97 Å². The number of esters is 1. The second-order valence-electron chi connectivity index (χ2n) is 6.54. The molecule has 3 aromatic carbocycles. The van der Waals surface area contributed by atoms with Crippen LogP contribution in [-0.2, 0) is 9.53 Å². The van der Waals surface area contributed by atoms with Crippen molar-refractivity contribution in [1.29, 1.82) is 0 Å². The zero-order valence-electron chi connectivity index (χ0n) is 15.5. The smallest absolute Gasteiger partial charge is 0.339 e. The number of fused-ring (bicyclic) bond motifs is 2. The van der Waals surface area contributed by atoms with Crippen LogP contribution in [0.3, 0.4) is 0 Å². The predicted molar refractivity (Wildman–Crippen MR) is 113 cm³/mol. The minimum atomic E-state index is -0.659. The maximum atomic E-state index is 13.0. The molecule has 0 saturated heterocycles. The first-order valence-corrected chi connectivity index (χ1v) is 9.79. The lowest BCUT2D eigenvalue weighted by atomic mass is 9.83. The standard InChI is InChI=1S/C23H14BrNO5/c24-17-10-4-3-8-15(17)23(29)30-12-19(26)25-18-11-5-9-16-20(18)22(28)14-7-2-1-6-13(14)21(16)27/h1-11H,12H2,(H,25,26).